The summed E-state index contributed by atoms with van der Waals surface area (Å²) in [5.41, 5.74) is 2.92. The first-order valence-electron chi connectivity index (χ1n) is 8.77. The van der Waals surface area contributed by atoms with Crippen LogP contribution >= 0.6 is 23.1 Å². The molecule has 146 valence electrons. The zero-order chi connectivity index (χ0) is 20.3. The van der Waals surface area contributed by atoms with E-state index in [4.69, 9.17) is 0 Å². The molecule has 1 aromatic carbocycles. The van der Waals surface area contributed by atoms with Crippen molar-refractivity contribution in [1.29, 1.82) is 0 Å². The van der Waals surface area contributed by atoms with Gasteiger partial charge in [-0.25, -0.2) is 14.8 Å². The van der Waals surface area contributed by atoms with Crippen LogP contribution in [-0.2, 0) is 4.79 Å². The van der Waals surface area contributed by atoms with Gasteiger partial charge in [0.1, 0.15) is 16.2 Å². The maximum Gasteiger partial charge on any atom is 0.321 e. The molecule has 0 saturated heterocycles. The number of aryl methyl sites for hydroxylation is 1. The number of hydrogen-bond acceptors (Lipinski definition) is 6. The van der Waals surface area contributed by atoms with Gasteiger partial charge in [0.05, 0.1) is 11.1 Å². The smallest absolute Gasteiger partial charge is 0.321 e. The van der Waals surface area contributed by atoms with Crippen molar-refractivity contribution in [3.8, 4) is 11.1 Å². The summed E-state index contributed by atoms with van der Waals surface area (Å²) in [6.45, 7) is 7.61. The zero-order valence-corrected chi connectivity index (χ0v) is 17.8. The fourth-order valence-corrected chi connectivity index (χ4v) is 4.36. The van der Waals surface area contributed by atoms with Crippen LogP contribution in [0.4, 0.5) is 4.79 Å². The van der Waals surface area contributed by atoms with Crippen LogP contribution in [0.2, 0.25) is 0 Å². The van der Waals surface area contributed by atoms with Crippen LogP contribution in [0.1, 0.15) is 26.3 Å². The summed E-state index contributed by atoms with van der Waals surface area (Å²) in [7, 11) is 0. The minimum Gasteiger partial charge on any atom is -0.333 e. The van der Waals surface area contributed by atoms with Crippen molar-refractivity contribution in [3.05, 3.63) is 41.5 Å². The number of thiophene rings is 1. The van der Waals surface area contributed by atoms with E-state index in [1.165, 1.54) is 23.7 Å². The molecular formula is C20H22N4O2S2. The van der Waals surface area contributed by atoms with E-state index in [0.29, 0.717) is 0 Å². The number of carbonyl (C=O) groups excluding carboxylic acids is 2. The predicted octanol–water partition coefficient (Wildman–Crippen LogP) is 4.38. The van der Waals surface area contributed by atoms with Crippen LogP contribution in [0.3, 0.4) is 0 Å². The number of nitrogens with zero attached hydrogens (tertiary/aromatic N) is 2. The van der Waals surface area contributed by atoms with Gasteiger partial charge in [-0.05, 0) is 33.3 Å². The van der Waals surface area contributed by atoms with Crippen molar-refractivity contribution in [2.75, 3.05) is 5.75 Å². The Morgan fingerprint density at radius 3 is 2.54 bits per heavy atom. The van der Waals surface area contributed by atoms with Gasteiger partial charge in [0.2, 0.25) is 5.91 Å². The summed E-state index contributed by atoms with van der Waals surface area (Å²) in [4.78, 5) is 33.6. The highest BCUT2D eigenvalue weighted by Gasteiger charge is 2.18. The average molecular weight is 415 g/mol. The second-order valence-corrected chi connectivity index (χ2v) is 9.24. The molecule has 2 aromatic heterocycles. The van der Waals surface area contributed by atoms with E-state index in [1.807, 2.05) is 27.7 Å². The van der Waals surface area contributed by atoms with Gasteiger partial charge in [0.25, 0.3) is 0 Å². The Morgan fingerprint density at radius 2 is 1.86 bits per heavy atom. The van der Waals surface area contributed by atoms with E-state index < -0.39 is 11.6 Å². The fourth-order valence-electron chi connectivity index (χ4n) is 2.57. The molecule has 0 fully saturated rings. The number of nitrogens with one attached hydrogen (secondary N) is 2. The Morgan fingerprint density at radius 1 is 1.14 bits per heavy atom. The third-order valence-electron chi connectivity index (χ3n) is 3.78. The lowest BCUT2D eigenvalue weighted by atomic mass is 10.1. The van der Waals surface area contributed by atoms with Gasteiger partial charge in [0, 0.05) is 16.5 Å². The predicted molar refractivity (Wildman–Crippen MR) is 115 cm³/mol. The number of carbonyl (C=O) groups is 2. The molecule has 0 aliphatic heterocycles. The van der Waals surface area contributed by atoms with Gasteiger partial charge in [-0.1, -0.05) is 41.6 Å². The Bertz CT molecular complexity index is 1010. The van der Waals surface area contributed by atoms with E-state index >= 15 is 0 Å². The lowest BCUT2D eigenvalue weighted by Crippen LogP contribution is -2.48. The molecule has 0 bridgehead atoms. The molecule has 0 atom stereocenters. The van der Waals surface area contributed by atoms with Crippen molar-refractivity contribution < 1.29 is 9.59 Å². The first-order valence-corrected chi connectivity index (χ1v) is 10.6. The number of imide groups is 1. The van der Waals surface area contributed by atoms with Crippen molar-refractivity contribution in [1.82, 2.24) is 20.6 Å². The normalized spacial score (nSPS) is 11.4. The van der Waals surface area contributed by atoms with Gasteiger partial charge >= 0.3 is 6.03 Å². The topological polar surface area (TPSA) is 84.0 Å². The van der Waals surface area contributed by atoms with Crippen molar-refractivity contribution in [2.45, 2.75) is 38.3 Å². The average Bonchev–Trinajstić information content (AvgIpc) is 3.03. The largest absolute Gasteiger partial charge is 0.333 e. The molecule has 0 radical (unpaired) electrons. The number of benzene rings is 1. The zero-order valence-electron chi connectivity index (χ0n) is 16.2. The molecule has 3 rings (SSSR count). The number of aromatic nitrogens is 2. The highest BCUT2D eigenvalue weighted by Crippen LogP contribution is 2.37. The third-order valence-corrected chi connectivity index (χ3v) is 5.66. The lowest BCUT2D eigenvalue weighted by molar-refractivity contribution is -0.117. The fraction of sp³-hybridized carbons (Fsp3) is 0.300. The van der Waals surface area contributed by atoms with Crippen LogP contribution in [0, 0.1) is 6.92 Å². The second-order valence-electron chi connectivity index (χ2n) is 7.42. The van der Waals surface area contributed by atoms with E-state index in [1.54, 1.807) is 11.3 Å². The Labute approximate surface area is 172 Å². The highest BCUT2D eigenvalue weighted by molar-refractivity contribution is 8.00. The van der Waals surface area contributed by atoms with E-state index in [0.717, 1.165) is 26.4 Å². The summed E-state index contributed by atoms with van der Waals surface area (Å²) in [5.74, 6) is -0.280. The minimum atomic E-state index is -0.498. The van der Waals surface area contributed by atoms with E-state index in [9.17, 15) is 9.59 Å². The lowest BCUT2D eigenvalue weighted by Gasteiger charge is -2.20. The number of thioether (sulfide) groups is 1. The molecule has 0 aliphatic rings. The van der Waals surface area contributed by atoms with Gasteiger partial charge in [0.15, 0.2) is 0 Å². The standard InChI is InChI=1S/C20H22N4O2S2/c1-12-5-7-13(8-6-12)14-9-27-17-16(14)18(22-11-21-17)28-10-15(25)23-19(26)24-20(2,3)4/h5-9,11H,10H2,1-4H3,(H2,23,24,25,26). The molecule has 2 N–H and O–H groups in total. The molecule has 3 amide bonds. The van der Waals surface area contributed by atoms with Crippen LogP contribution in [-0.4, -0.2) is 33.2 Å². The monoisotopic (exact) mass is 414 g/mol. The number of amides is 3. The summed E-state index contributed by atoms with van der Waals surface area (Å²) in [6.07, 6.45) is 1.50. The van der Waals surface area contributed by atoms with Crippen LogP contribution in [0.5, 0.6) is 0 Å². The molecule has 2 heterocycles. The minimum absolute atomic E-state index is 0.0901. The SMILES string of the molecule is Cc1ccc(-c2csc3ncnc(SCC(=O)NC(=O)NC(C)(C)C)c23)cc1. The first kappa shape index (κ1) is 20.3. The molecule has 0 aliphatic carbocycles. The van der Waals surface area contributed by atoms with Crippen molar-refractivity contribution in [2.24, 2.45) is 0 Å². The summed E-state index contributed by atoms with van der Waals surface area (Å²) in [6, 6.07) is 7.78. The maximum atomic E-state index is 12.1. The Balaban J connectivity index is 1.76. The quantitative estimate of drug-likeness (QED) is 0.489. The molecule has 8 heteroatoms. The van der Waals surface area contributed by atoms with Gasteiger partial charge in [-0.15, -0.1) is 11.3 Å². The van der Waals surface area contributed by atoms with E-state index in [-0.39, 0.29) is 11.7 Å². The van der Waals surface area contributed by atoms with Crippen LogP contribution < -0.4 is 10.6 Å². The molecule has 0 saturated carbocycles. The van der Waals surface area contributed by atoms with Gasteiger partial charge in [-0.2, -0.15) is 0 Å². The number of rotatable bonds is 4. The molecule has 0 unspecified atom stereocenters. The van der Waals surface area contributed by atoms with Gasteiger partial charge in [-0.3, -0.25) is 10.1 Å². The number of hydrogen-bond donors (Lipinski definition) is 2. The van der Waals surface area contributed by atoms with Crippen molar-refractivity contribution >= 4 is 45.3 Å². The molecule has 3 aromatic rings. The molecule has 28 heavy (non-hydrogen) atoms. The highest BCUT2D eigenvalue weighted by atomic mass is 32.2. The van der Waals surface area contributed by atoms with Crippen LogP contribution in [0.15, 0.2) is 41.0 Å². The number of fused-ring (bicyclic) bond motifs is 1. The third kappa shape index (κ3) is 5.08. The molecule has 6 nitrogen and oxygen atoms in total. The van der Waals surface area contributed by atoms with Gasteiger partial charge < -0.3 is 5.32 Å². The van der Waals surface area contributed by atoms with E-state index in [2.05, 4.69) is 50.2 Å². The Hall–Kier alpha value is -2.45. The van der Waals surface area contributed by atoms with Crippen molar-refractivity contribution in [3.63, 3.8) is 0 Å². The molecule has 0 spiro atoms. The second kappa shape index (κ2) is 8.28. The van der Waals surface area contributed by atoms with Crippen LogP contribution in [0.25, 0.3) is 21.3 Å². The summed E-state index contributed by atoms with van der Waals surface area (Å²) in [5, 5.41) is 8.78. The summed E-state index contributed by atoms with van der Waals surface area (Å²) >= 11 is 2.85. The first-order chi connectivity index (χ1) is 13.2. The maximum absolute atomic E-state index is 12.1. The molecular weight excluding hydrogens is 392 g/mol. The summed E-state index contributed by atoms with van der Waals surface area (Å²) < 4.78 is 0. The Kier molecular flexibility index (Phi) is 6.00. The number of urea groups is 1.